The molecule has 1 amide bonds. The Bertz CT molecular complexity index is 381. The number of alkyl halides is 1. The predicted molar refractivity (Wildman–Crippen MR) is 69.3 cm³/mol. The molecule has 1 N–H and O–H groups in total. The largest absolute Gasteiger partial charge is 0.349 e. The second-order valence-corrected chi connectivity index (χ2v) is 6.03. The molecular weight excluding hydrogens is 238 g/mol. The third kappa shape index (κ3) is 4.77. The van der Waals surface area contributed by atoms with Crippen LogP contribution in [0.15, 0.2) is 12.3 Å². The van der Waals surface area contributed by atoms with E-state index < -0.39 is 0 Å². The fourth-order valence-corrected chi connectivity index (χ4v) is 2.17. The smallest absolute Gasteiger partial charge is 0.269 e. The average molecular weight is 258 g/mol. The van der Waals surface area contributed by atoms with Crippen LogP contribution in [0.4, 0.5) is 0 Å². The number of aromatic nitrogens is 2. The molecule has 0 radical (unpaired) electrons. The van der Waals surface area contributed by atoms with Gasteiger partial charge in [0.2, 0.25) is 0 Å². The van der Waals surface area contributed by atoms with E-state index >= 15 is 0 Å². The molecule has 1 aromatic rings. The fourth-order valence-electron chi connectivity index (χ4n) is 1.63. The lowest BCUT2D eigenvalue weighted by molar-refractivity contribution is 0.0942. The Balaban J connectivity index is 2.42. The van der Waals surface area contributed by atoms with E-state index in [1.807, 2.05) is 0 Å². The summed E-state index contributed by atoms with van der Waals surface area (Å²) in [6.07, 6.45) is 2.46. The van der Waals surface area contributed by atoms with Crippen molar-refractivity contribution in [1.82, 2.24) is 15.1 Å². The van der Waals surface area contributed by atoms with E-state index in [2.05, 4.69) is 31.2 Å². The van der Waals surface area contributed by atoms with Gasteiger partial charge in [0.25, 0.3) is 5.91 Å². The van der Waals surface area contributed by atoms with Crippen molar-refractivity contribution in [3.63, 3.8) is 0 Å². The van der Waals surface area contributed by atoms with Crippen LogP contribution in [0.5, 0.6) is 0 Å². The maximum absolute atomic E-state index is 11.8. The summed E-state index contributed by atoms with van der Waals surface area (Å²) in [5.41, 5.74) is 0.716. The van der Waals surface area contributed by atoms with Gasteiger partial charge in [-0.05, 0) is 17.9 Å². The van der Waals surface area contributed by atoms with Crippen LogP contribution in [0.2, 0.25) is 0 Å². The van der Waals surface area contributed by atoms with Gasteiger partial charge < -0.3 is 5.32 Å². The Morgan fingerprint density at radius 1 is 1.59 bits per heavy atom. The van der Waals surface area contributed by atoms with E-state index in [-0.39, 0.29) is 16.7 Å². The summed E-state index contributed by atoms with van der Waals surface area (Å²) in [4.78, 5) is 11.8. The molecule has 0 aliphatic rings. The molecule has 1 heterocycles. The first-order chi connectivity index (χ1) is 7.79. The first-order valence-electron chi connectivity index (χ1n) is 5.70. The summed E-state index contributed by atoms with van der Waals surface area (Å²) in [5.74, 6) is -0.135. The lowest BCUT2D eigenvalue weighted by Crippen LogP contribution is -2.32. The average Bonchev–Trinajstić information content (AvgIpc) is 2.58. The van der Waals surface area contributed by atoms with Crippen LogP contribution < -0.4 is 5.32 Å². The van der Waals surface area contributed by atoms with Gasteiger partial charge in [0.1, 0.15) is 5.69 Å². The molecule has 1 rings (SSSR count). The number of aryl methyl sites for hydroxylation is 1. The predicted octanol–water partition coefficient (Wildman–Crippen LogP) is 2.19. The Kier molecular flexibility index (Phi) is 4.57. The molecule has 1 unspecified atom stereocenters. The normalized spacial score (nSPS) is 13.5. The van der Waals surface area contributed by atoms with Crippen LogP contribution in [-0.2, 0) is 7.05 Å². The van der Waals surface area contributed by atoms with Crippen molar-refractivity contribution in [1.29, 1.82) is 0 Å². The van der Waals surface area contributed by atoms with Crippen LogP contribution in [0, 0.1) is 5.41 Å². The molecule has 0 aromatic carbocycles. The zero-order chi connectivity index (χ0) is 13.1. The molecular formula is C12H20ClN3O. The van der Waals surface area contributed by atoms with Crippen molar-refractivity contribution < 1.29 is 4.79 Å². The Morgan fingerprint density at radius 3 is 2.71 bits per heavy atom. The summed E-state index contributed by atoms with van der Waals surface area (Å²) in [5, 5.41) is 6.71. The Labute approximate surface area is 107 Å². The number of hydrogen-bond donors (Lipinski definition) is 1. The second-order valence-electron chi connectivity index (χ2n) is 5.41. The lowest BCUT2D eigenvalue weighted by atomic mass is 9.90. The molecule has 0 saturated carbocycles. The third-order valence-electron chi connectivity index (χ3n) is 2.37. The highest BCUT2D eigenvalue weighted by molar-refractivity contribution is 6.21. The molecule has 96 valence electrons. The van der Waals surface area contributed by atoms with Gasteiger partial charge in [0.05, 0.1) is 5.38 Å². The summed E-state index contributed by atoms with van der Waals surface area (Å²) in [7, 11) is 1.74. The van der Waals surface area contributed by atoms with Gasteiger partial charge in [-0.2, -0.15) is 5.10 Å². The number of nitrogens with one attached hydrogen (secondary N) is 1. The Morgan fingerprint density at radius 2 is 2.24 bits per heavy atom. The van der Waals surface area contributed by atoms with Gasteiger partial charge in [0, 0.05) is 19.8 Å². The highest BCUT2D eigenvalue weighted by Gasteiger charge is 2.18. The van der Waals surface area contributed by atoms with Crippen molar-refractivity contribution in [3.8, 4) is 0 Å². The van der Waals surface area contributed by atoms with E-state index in [1.54, 1.807) is 24.0 Å². The van der Waals surface area contributed by atoms with Gasteiger partial charge >= 0.3 is 0 Å². The molecule has 1 aromatic heterocycles. The minimum absolute atomic E-state index is 0.0489. The van der Waals surface area contributed by atoms with Gasteiger partial charge in [-0.1, -0.05) is 20.8 Å². The first kappa shape index (κ1) is 14.0. The van der Waals surface area contributed by atoms with E-state index in [0.717, 1.165) is 6.42 Å². The first-order valence-corrected chi connectivity index (χ1v) is 6.13. The molecule has 5 heteroatoms. The van der Waals surface area contributed by atoms with E-state index in [1.165, 1.54) is 0 Å². The van der Waals surface area contributed by atoms with E-state index in [4.69, 9.17) is 11.6 Å². The van der Waals surface area contributed by atoms with Crippen molar-refractivity contribution in [3.05, 3.63) is 18.0 Å². The maximum atomic E-state index is 11.8. The number of carbonyl (C=O) groups excluding carboxylic acids is 1. The number of nitrogens with zero attached hydrogens (tertiary/aromatic N) is 2. The number of rotatable bonds is 4. The van der Waals surface area contributed by atoms with E-state index in [9.17, 15) is 4.79 Å². The SMILES string of the molecule is Cn1nccc1C(=O)NCC(Cl)CC(C)(C)C. The van der Waals surface area contributed by atoms with Crippen LogP contribution in [-0.4, -0.2) is 27.6 Å². The van der Waals surface area contributed by atoms with Crippen LogP contribution >= 0.6 is 11.6 Å². The molecule has 0 bridgehead atoms. The molecule has 0 spiro atoms. The zero-order valence-corrected chi connectivity index (χ0v) is 11.6. The molecule has 0 saturated heterocycles. The third-order valence-corrected chi connectivity index (χ3v) is 2.68. The second kappa shape index (κ2) is 5.54. The van der Waals surface area contributed by atoms with Crippen molar-refractivity contribution in [2.24, 2.45) is 12.5 Å². The van der Waals surface area contributed by atoms with Crippen LogP contribution in [0.3, 0.4) is 0 Å². The molecule has 1 atom stereocenters. The number of amides is 1. The van der Waals surface area contributed by atoms with Crippen LogP contribution in [0.25, 0.3) is 0 Å². The number of carbonyl (C=O) groups is 1. The minimum atomic E-state index is -0.135. The highest BCUT2D eigenvalue weighted by atomic mass is 35.5. The molecule has 4 nitrogen and oxygen atoms in total. The lowest BCUT2D eigenvalue weighted by Gasteiger charge is -2.21. The quantitative estimate of drug-likeness (QED) is 0.841. The molecule has 17 heavy (non-hydrogen) atoms. The van der Waals surface area contributed by atoms with Crippen molar-refractivity contribution >= 4 is 17.5 Å². The van der Waals surface area contributed by atoms with Gasteiger partial charge in [-0.25, -0.2) is 0 Å². The van der Waals surface area contributed by atoms with Crippen molar-refractivity contribution in [2.45, 2.75) is 32.6 Å². The summed E-state index contributed by atoms with van der Waals surface area (Å²) in [6.45, 7) is 6.87. The zero-order valence-electron chi connectivity index (χ0n) is 10.8. The minimum Gasteiger partial charge on any atom is -0.349 e. The standard InChI is InChI=1S/C12H20ClN3O/c1-12(2,3)7-9(13)8-14-11(17)10-5-6-15-16(10)4/h5-6,9H,7-8H2,1-4H3,(H,14,17). The maximum Gasteiger partial charge on any atom is 0.269 e. The topological polar surface area (TPSA) is 46.9 Å². The number of hydrogen-bond acceptors (Lipinski definition) is 2. The van der Waals surface area contributed by atoms with Gasteiger partial charge in [-0.15, -0.1) is 11.6 Å². The Hall–Kier alpha value is -1.03. The van der Waals surface area contributed by atoms with Gasteiger partial charge in [0.15, 0.2) is 0 Å². The molecule has 0 aliphatic carbocycles. The number of halogens is 1. The summed E-state index contributed by atoms with van der Waals surface area (Å²) < 4.78 is 1.54. The molecule has 0 fully saturated rings. The van der Waals surface area contributed by atoms with Crippen molar-refractivity contribution in [2.75, 3.05) is 6.54 Å². The fraction of sp³-hybridized carbons (Fsp3) is 0.667. The summed E-state index contributed by atoms with van der Waals surface area (Å²) in [6, 6.07) is 1.68. The highest BCUT2D eigenvalue weighted by Crippen LogP contribution is 2.23. The molecule has 0 aliphatic heterocycles. The monoisotopic (exact) mass is 257 g/mol. The van der Waals surface area contributed by atoms with Crippen LogP contribution in [0.1, 0.15) is 37.7 Å². The van der Waals surface area contributed by atoms with E-state index in [0.29, 0.717) is 12.2 Å². The summed E-state index contributed by atoms with van der Waals surface area (Å²) >= 11 is 6.17. The van der Waals surface area contributed by atoms with Gasteiger partial charge in [-0.3, -0.25) is 9.48 Å².